The maximum atomic E-state index is 9.60. The summed E-state index contributed by atoms with van der Waals surface area (Å²) in [5.74, 6) is -0.935. The lowest BCUT2D eigenvalue weighted by Gasteiger charge is -1.94. The molecule has 0 radical (unpaired) electrons. The van der Waals surface area contributed by atoms with Crippen LogP contribution in [0.15, 0.2) is 12.2 Å². The average molecular weight is 162 g/mol. The Morgan fingerprint density at radius 1 is 1.60 bits per heavy atom. The van der Waals surface area contributed by atoms with Crippen molar-refractivity contribution in [1.82, 2.24) is 0 Å². The number of carbonyl (C=O) groups is 1. The Morgan fingerprint density at radius 3 is 1.70 bits per heavy atom. The maximum absolute atomic E-state index is 9.60. The van der Waals surface area contributed by atoms with E-state index >= 15 is 0 Å². The number of hydrogen-bond acceptors (Lipinski definition) is 4. The molecule has 0 aromatic carbocycles. The molecule has 0 heterocycles. The van der Waals surface area contributed by atoms with Gasteiger partial charge >= 0.3 is 5.97 Å². The van der Waals surface area contributed by atoms with E-state index in [4.69, 9.17) is 19.2 Å². The van der Waals surface area contributed by atoms with Crippen LogP contribution in [0.2, 0.25) is 0 Å². The van der Waals surface area contributed by atoms with Gasteiger partial charge in [0.15, 0.2) is 0 Å². The SMILES string of the molecule is C=C(C)C(=O)O.O=[Si]([O-])[O-]. The van der Waals surface area contributed by atoms with E-state index in [-0.39, 0.29) is 5.57 Å². The number of hydrogen-bond donors (Lipinski definition) is 1. The van der Waals surface area contributed by atoms with Gasteiger partial charge in [-0.2, -0.15) is 0 Å². The normalized spacial score (nSPS) is 6.90. The third-order valence-electron chi connectivity index (χ3n) is 0.365. The summed E-state index contributed by atoms with van der Waals surface area (Å²) in [6.07, 6.45) is 0. The standard InChI is InChI=1S/C4H6O2.O3Si/c1-3(2)4(5)6;1-4(2)3/h1H2,2H3,(H,5,6);/q;-2. The molecule has 0 aromatic heterocycles. The van der Waals surface area contributed by atoms with E-state index in [1.165, 1.54) is 6.92 Å². The molecular weight excluding hydrogens is 156 g/mol. The number of carboxylic acids is 1. The predicted octanol–water partition coefficient (Wildman–Crippen LogP) is -2.23. The minimum Gasteiger partial charge on any atom is -0.672 e. The van der Waals surface area contributed by atoms with Crippen molar-refractivity contribution in [3.05, 3.63) is 12.2 Å². The third kappa shape index (κ3) is 29.0. The number of rotatable bonds is 1. The lowest BCUT2D eigenvalue weighted by atomic mass is 10.4. The van der Waals surface area contributed by atoms with Crippen LogP contribution in [0.4, 0.5) is 0 Å². The zero-order valence-corrected chi connectivity index (χ0v) is 6.29. The second kappa shape index (κ2) is 5.95. The molecule has 0 fully saturated rings. The van der Waals surface area contributed by atoms with E-state index in [0.29, 0.717) is 0 Å². The molecule has 0 saturated heterocycles. The van der Waals surface area contributed by atoms with E-state index in [1.54, 1.807) is 0 Å². The molecule has 0 aliphatic rings. The monoisotopic (exact) mass is 162 g/mol. The Balaban J connectivity index is 0. The maximum Gasteiger partial charge on any atom is 0.330 e. The Bertz CT molecular complexity index is 136. The predicted molar refractivity (Wildman–Crippen MR) is 28.9 cm³/mol. The molecule has 0 aromatic rings. The highest BCUT2D eigenvalue weighted by atomic mass is 28.3. The quantitative estimate of drug-likeness (QED) is 0.347. The highest BCUT2D eigenvalue weighted by molar-refractivity contribution is 6.17. The fraction of sp³-hybridized carbons (Fsp3) is 0.250. The summed E-state index contributed by atoms with van der Waals surface area (Å²) in [6, 6.07) is 0. The topological polar surface area (TPSA) is 100 Å². The summed E-state index contributed by atoms with van der Waals surface area (Å²) in [5, 5.41) is 7.89. The van der Waals surface area contributed by atoms with Crippen LogP contribution in [0.25, 0.3) is 0 Å². The molecule has 0 saturated carbocycles. The van der Waals surface area contributed by atoms with Crippen LogP contribution in [-0.4, -0.2) is 20.2 Å². The van der Waals surface area contributed by atoms with E-state index in [2.05, 4.69) is 6.58 Å². The Hall–Kier alpha value is -1.17. The molecule has 1 N–H and O–H groups in total. The summed E-state index contributed by atoms with van der Waals surface area (Å²) in [6.45, 7) is 4.60. The molecule has 6 heteroatoms. The molecule has 58 valence electrons. The lowest BCUT2D eigenvalue weighted by molar-refractivity contribution is -0.354. The zero-order chi connectivity index (χ0) is 8.73. The van der Waals surface area contributed by atoms with Crippen molar-refractivity contribution in [3.63, 3.8) is 0 Å². The van der Waals surface area contributed by atoms with Gasteiger partial charge in [-0.25, -0.2) is 4.79 Å². The molecule has 0 bridgehead atoms. The Labute approximate surface area is 59.1 Å². The van der Waals surface area contributed by atoms with Gasteiger partial charge in [-0.1, -0.05) is 6.58 Å². The first-order chi connectivity index (χ1) is 4.37. The van der Waals surface area contributed by atoms with E-state index in [0.717, 1.165) is 0 Å². The molecule has 0 spiro atoms. The first-order valence-corrected chi connectivity index (χ1v) is 3.37. The number of carboxylic acid groups (broad SMARTS) is 1. The van der Waals surface area contributed by atoms with E-state index < -0.39 is 15.1 Å². The highest BCUT2D eigenvalue weighted by Gasteiger charge is 1.90. The first-order valence-electron chi connectivity index (χ1n) is 2.14. The van der Waals surface area contributed by atoms with Gasteiger partial charge in [0, 0.05) is 14.7 Å². The van der Waals surface area contributed by atoms with Gasteiger partial charge < -0.3 is 19.2 Å². The molecule has 0 amide bonds. The fourth-order valence-electron chi connectivity index (χ4n) is 0. The van der Waals surface area contributed by atoms with Gasteiger partial charge in [-0.05, 0) is 6.92 Å². The van der Waals surface area contributed by atoms with Crippen LogP contribution in [-0.2, 0) is 9.26 Å². The largest absolute Gasteiger partial charge is 0.672 e. The van der Waals surface area contributed by atoms with Gasteiger partial charge in [0.2, 0.25) is 0 Å². The lowest BCUT2D eigenvalue weighted by Crippen LogP contribution is -2.34. The fourth-order valence-corrected chi connectivity index (χ4v) is 0. The van der Waals surface area contributed by atoms with Gasteiger partial charge in [0.1, 0.15) is 0 Å². The summed E-state index contributed by atoms with van der Waals surface area (Å²) < 4.78 is 8.52. The number of aliphatic carboxylic acids is 1. The Morgan fingerprint density at radius 2 is 1.70 bits per heavy atom. The van der Waals surface area contributed by atoms with Gasteiger partial charge in [-0.15, -0.1) is 0 Å². The summed E-state index contributed by atoms with van der Waals surface area (Å²) in [5.41, 5.74) is 0.176. The molecule has 5 nitrogen and oxygen atoms in total. The smallest absolute Gasteiger partial charge is 0.330 e. The second-order valence-corrected chi connectivity index (χ2v) is 1.84. The third-order valence-corrected chi connectivity index (χ3v) is 0.365. The van der Waals surface area contributed by atoms with Crippen molar-refractivity contribution in [2.75, 3.05) is 0 Å². The molecular formula is C4H6O5Si-2. The van der Waals surface area contributed by atoms with Gasteiger partial charge in [-0.3, -0.25) is 0 Å². The van der Waals surface area contributed by atoms with E-state index in [9.17, 15) is 4.79 Å². The van der Waals surface area contributed by atoms with Crippen molar-refractivity contribution < 1.29 is 24.0 Å². The summed E-state index contributed by atoms with van der Waals surface area (Å²) in [4.78, 5) is 26.6. The van der Waals surface area contributed by atoms with Crippen LogP contribution in [0.1, 0.15) is 6.92 Å². The molecule has 10 heavy (non-hydrogen) atoms. The molecule has 0 rings (SSSR count). The van der Waals surface area contributed by atoms with Crippen LogP contribution in [0.5, 0.6) is 0 Å². The highest BCUT2D eigenvalue weighted by Crippen LogP contribution is 1.81. The van der Waals surface area contributed by atoms with Crippen LogP contribution < -0.4 is 9.59 Å². The second-order valence-electron chi connectivity index (χ2n) is 1.34. The van der Waals surface area contributed by atoms with E-state index in [1.807, 2.05) is 0 Å². The van der Waals surface area contributed by atoms with Crippen molar-refractivity contribution >= 4 is 15.1 Å². The van der Waals surface area contributed by atoms with Gasteiger partial charge in [0.05, 0.1) is 0 Å². The first kappa shape index (κ1) is 11.6. The van der Waals surface area contributed by atoms with Crippen LogP contribution in [0.3, 0.4) is 0 Å². The molecule has 0 unspecified atom stereocenters. The Kier molecular flexibility index (Phi) is 6.91. The summed E-state index contributed by atoms with van der Waals surface area (Å²) >= 11 is 0. The van der Waals surface area contributed by atoms with Crippen molar-refractivity contribution in [2.24, 2.45) is 0 Å². The van der Waals surface area contributed by atoms with Gasteiger partial charge in [0.25, 0.3) is 0 Å². The van der Waals surface area contributed by atoms with Crippen molar-refractivity contribution in [2.45, 2.75) is 6.92 Å². The van der Waals surface area contributed by atoms with Crippen LogP contribution in [0, 0.1) is 0 Å². The average Bonchev–Trinajstić information content (AvgIpc) is 1.63. The van der Waals surface area contributed by atoms with Crippen LogP contribution >= 0.6 is 0 Å². The zero-order valence-electron chi connectivity index (χ0n) is 5.29. The molecule has 0 atom stereocenters. The minimum absolute atomic E-state index is 0.176. The minimum atomic E-state index is -3.63. The summed E-state index contributed by atoms with van der Waals surface area (Å²) in [7, 11) is -3.63. The molecule has 0 aliphatic carbocycles. The van der Waals surface area contributed by atoms with Crippen molar-refractivity contribution in [3.8, 4) is 0 Å². The molecule has 0 aliphatic heterocycles. The van der Waals surface area contributed by atoms with Crippen molar-refractivity contribution in [1.29, 1.82) is 0 Å².